The van der Waals surface area contributed by atoms with Gasteiger partial charge in [0.05, 0.1) is 13.0 Å². The molecule has 0 radical (unpaired) electrons. The quantitative estimate of drug-likeness (QED) is 0.618. The molecule has 0 heterocycles. The second-order valence-corrected chi connectivity index (χ2v) is 9.02. The molecule has 1 aromatic rings. The molecule has 162 valence electrons. The second-order valence-electron chi connectivity index (χ2n) is 7.12. The number of carboxylic acid groups (broad SMARTS) is 1. The molecule has 0 aliphatic heterocycles. The number of carbonyl (C=O) groups is 2. The van der Waals surface area contributed by atoms with E-state index in [-0.39, 0.29) is 16.2 Å². The van der Waals surface area contributed by atoms with Gasteiger partial charge in [0.1, 0.15) is 10.6 Å². The van der Waals surface area contributed by atoms with Crippen LogP contribution >= 0.6 is 0 Å². The van der Waals surface area contributed by atoms with Crippen LogP contribution < -0.4 is 10.1 Å². The molecule has 2 atom stereocenters. The number of rotatable bonds is 8. The van der Waals surface area contributed by atoms with Gasteiger partial charge in [-0.15, -0.1) is 0 Å². The highest BCUT2D eigenvalue weighted by molar-refractivity contribution is 7.89. The van der Waals surface area contributed by atoms with Crippen molar-refractivity contribution in [1.29, 1.82) is 0 Å². The zero-order valence-electron chi connectivity index (χ0n) is 17.2. The average Bonchev–Trinajstić information content (AvgIpc) is 2.93. The van der Waals surface area contributed by atoms with E-state index >= 15 is 0 Å². The molecule has 2 N–H and O–H groups in total. The van der Waals surface area contributed by atoms with Crippen molar-refractivity contribution < 1.29 is 27.9 Å². The first-order chi connectivity index (χ1) is 13.8. The summed E-state index contributed by atoms with van der Waals surface area (Å²) in [5.74, 6) is -1.89. The first kappa shape index (κ1) is 23.2. The highest BCUT2D eigenvalue weighted by Crippen LogP contribution is 2.29. The Morgan fingerprint density at radius 1 is 1.17 bits per heavy atom. The number of benzene rings is 1. The van der Waals surface area contributed by atoms with Crippen LogP contribution in [0.4, 0.5) is 0 Å². The third kappa shape index (κ3) is 5.27. The minimum Gasteiger partial charge on any atom is -0.495 e. The van der Waals surface area contributed by atoms with Gasteiger partial charge in [-0.3, -0.25) is 9.59 Å². The van der Waals surface area contributed by atoms with Crippen molar-refractivity contribution in [2.45, 2.75) is 56.9 Å². The van der Waals surface area contributed by atoms with Crippen LogP contribution in [0.25, 0.3) is 0 Å². The maximum atomic E-state index is 13.0. The van der Waals surface area contributed by atoms with Crippen LogP contribution in [0, 0.1) is 5.92 Å². The van der Waals surface area contributed by atoms with Crippen LogP contribution in [0.1, 0.15) is 56.3 Å². The smallest absolute Gasteiger partial charge is 0.308 e. The molecule has 0 bridgehead atoms. The monoisotopic (exact) mass is 426 g/mol. The summed E-state index contributed by atoms with van der Waals surface area (Å²) in [6.07, 6.45) is 3.70. The Kier molecular flexibility index (Phi) is 8.04. The fourth-order valence-corrected chi connectivity index (χ4v) is 5.39. The molecule has 9 heteroatoms. The summed E-state index contributed by atoms with van der Waals surface area (Å²) in [6, 6.07) is 3.76. The van der Waals surface area contributed by atoms with Crippen molar-refractivity contribution in [3.05, 3.63) is 23.8 Å². The molecule has 0 unspecified atom stereocenters. The minimum atomic E-state index is -3.83. The number of amides is 1. The lowest BCUT2D eigenvalue weighted by atomic mass is 9.94. The molecule has 8 nitrogen and oxygen atoms in total. The number of hydrogen-bond acceptors (Lipinski definition) is 5. The number of ether oxygens (including phenoxy) is 1. The van der Waals surface area contributed by atoms with Crippen LogP contribution in [0.3, 0.4) is 0 Å². The summed E-state index contributed by atoms with van der Waals surface area (Å²) >= 11 is 0. The summed E-state index contributed by atoms with van der Waals surface area (Å²) in [5.41, 5.74) is 0.157. The number of aliphatic carboxylic acids is 1. The van der Waals surface area contributed by atoms with E-state index in [0.29, 0.717) is 25.9 Å². The summed E-state index contributed by atoms with van der Waals surface area (Å²) in [5, 5.41) is 12.3. The molecule has 1 fully saturated rings. The van der Waals surface area contributed by atoms with Gasteiger partial charge in [0, 0.05) is 24.7 Å². The lowest BCUT2D eigenvalue weighted by Crippen LogP contribution is -2.42. The Morgan fingerprint density at radius 3 is 2.41 bits per heavy atom. The molecule has 1 aliphatic rings. The molecular formula is C20H30N2O6S. The molecule has 1 aromatic carbocycles. The Balaban J connectivity index is 2.35. The Morgan fingerprint density at radius 2 is 1.83 bits per heavy atom. The normalized spacial score (nSPS) is 20.1. The number of nitrogens with zero attached hydrogens (tertiary/aromatic N) is 1. The molecular weight excluding hydrogens is 396 g/mol. The van der Waals surface area contributed by atoms with Gasteiger partial charge in [0.15, 0.2) is 0 Å². The van der Waals surface area contributed by atoms with Crippen LogP contribution in [-0.4, -0.2) is 55.9 Å². The first-order valence-corrected chi connectivity index (χ1v) is 11.4. The van der Waals surface area contributed by atoms with Crippen LogP contribution in [-0.2, 0) is 14.8 Å². The summed E-state index contributed by atoms with van der Waals surface area (Å²) in [7, 11) is -2.45. The third-order valence-electron chi connectivity index (χ3n) is 5.40. The van der Waals surface area contributed by atoms with E-state index in [1.165, 1.54) is 29.6 Å². The van der Waals surface area contributed by atoms with E-state index in [4.69, 9.17) is 4.74 Å². The van der Waals surface area contributed by atoms with Gasteiger partial charge in [0.2, 0.25) is 10.0 Å². The largest absolute Gasteiger partial charge is 0.495 e. The van der Waals surface area contributed by atoms with Crippen molar-refractivity contribution in [1.82, 2.24) is 9.62 Å². The standard InChI is InChI=1S/C20H30N2O6S/c1-4-22(5-2)29(26,27)18-13-14(11-12-17(18)28-3)19(23)21-16-10-8-6-7-9-15(16)20(24)25/h11-13,15-16H,4-10H2,1-3H3,(H,21,23)(H,24,25)/t15-,16+/m1/s1. The lowest BCUT2D eigenvalue weighted by molar-refractivity contribution is -0.142. The molecule has 1 aliphatic carbocycles. The third-order valence-corrected chi connectivity index (χ3v) is 7.47. The van der Waals surface area contributed by atoms with E-state index < -0.39 is 33.9 Å². The number of hydrogen-bond donors (Lipinski definition) is 2. The van der Waals surface area contributed by atoms with Gasteiger partial charge >= 0.3 is 5.97 Å². The van der Waals surface area contributed by atoms with Gasteiger partial charge in [0.25, 0.3) is 5.91 Å². The van der Waals surface area contributed by atoms with Gasteiger partial charge < -0.3 is 15.2 Å². The van der Waals surface area contributed by atoms with Crippen molar-refractivity contribution in [2.24, 2.45) is 5.92 Å². The molecule has 0 spiro atoms. The van der Waals surface area contributed by atoms with Crippen LogP contribution in [0.15, 0.2) is 23.1 Å². The van der Waals surface area contributed by atoms with Gasteiger partial charge in [-0.2, -0.15) is 4.31 Å². The van der Waals surface area contributed by atoms with Gasteiger partial charge in [-0.05, 0) is 31.0 Å². The molecule has 1 amide bonds. The van der Waals surface area contributed by atoms with Crippen LogP contribution in [0.2, 0.25) is 0 Å². The van der Waals surface area contributed by atoms with E-state index in [2.05, 4.69) is 5.32 Å². The highest BCUT2D eigenvalue weighted by Gasteiger charge is 2.32. The maximum Gasteiger partial charge on any atom is 0.308 e. The first-order valence-electron chi connectivity index (χ1n) is 9.98. The Bertz CT molecular complexity index is 835. The average molecular weight is 427 g/mol. The van der Waals surface area contributed by atoms with Gasteiger partial charge in [-0.1, -0.05) is 33.1 Å². The zero-order valence-corrected chi connectivity index (χ0v) is 18.0. The van der Waals surface area contributed by atoms with Crippen molar-refractivity contribution in [3.63, 3.8) is 0 Å². The fourth-order valence-electron chi connectivity index (χ4n) is 3.75. The summed E-state index contributed by atoms with van der Waals surface area (Å²) in [6.45, 7) is 4.06. The molecule has 29 heavy (non-hydrogen) atoms. The zero-order chi connectivity index (χ0) is 21.6. The number of carboxylic acids is 1. The number of sulfonamides is 1. The Hall–Kier alpha value is -2.13. The summed E-state index contributed by atoms with van der Waals surface area (Å²) < 4.78 is 32.4. The van der Waals surface area contributed by atoms with Crippen molar-refractivity contribution in [3.8, 4) is 5.75 Å². The summed E-state index contributed by atoms with van der Waals surface area (Å²) in [4.78, 5) is 24.3. The van der Waals surface area contributed by atoms with Crippen molar-refractivity contribution >= 4 is 21.9 Å². The SMILES string of the molecule is CCN(CC)S(=O)(=O)c1cc(C(=O)N[C@H]2CCCCC[C@H]2C(=O)O)ccc1OC. The van der Waals surface area contributed by atoms with E-state index in [9.17, 15) is 23.1 Å². The lowest BCUT2D eigenvalue weighted by Gasteiger charge is -2.23. The molecule has 2 rings (SSSR count). The van der Waals surface area contributed by atoms with Crippen molar-refractivity contribution in [2.75, 3.05) is 20.2 Å². The Labute approximate surface area is 172 Å². The van der Waals surface area contributed by atoms with Crippen LogP contribution in [0.5, 0.6) is 5.75 Å². The van der Waals surface area contributed by atoms with E-state index in [0.717, 1.165) is 19.3 Å². The minimum absolute atomic E-state index is 0.0769. The number of nitrogens with one attached hydrogen (secondary N) is 1. The number of carbonyl (C=O) groups excluding carboxylic acids is 1. The number of methoxy groups -OCH3 is 1. The maximum absolute atomic E-state index is 13.0. The highest BCUT2D eigenvalue weighted by atomic mass is 32.2. The van der Waals surface area contributed by atoms with E-state index in [1.54, 1.807) is 13.8 Å². The second kappa shape index (κ2) is 10.1. The van der Waals surface area contributed by atoms with E-state index in [1.807, 2.05) is 0 Å². The molecule has 0 aromatic heterocycles. The molecule has 1 saturated carbocycles. The topological polar surface area (TPSA) is 113 Å². The molecule has 0 saturated heterocycles. The van der Waals surface area contributed by atoms with Gasteiger partial charge in [-0.25, -0.2) is 8.42 Å². The predicted octanol–water partition coefficient (Wildman–Crippen LogP) is 2.49. The fraction of sp³-hybridized carbons (Fsp3) is 0.600. The predicted molar refractivity (Wildman–Crippen MR) is 109 cm³/mol.